The summed E-state index contributed by atoms with van der Waals surface area (Å²) < 4.78 is 34.7. The van der Waals surface area contributed by atoms with Crippen molar-refractivity contribution in [1.82, 2.24) is 0 Å². The Kier molecular flexibility index (Phi) is 68.6. The molecule has 0 heterocycles. The van der Waals surface area contributed by atoms with Crippen molar-refractivity contribution in [3.8, 4) is 0 Å². The normalized spacial score (nSPS) is 14.1. The molecule has 0 fully saturated rings. The van der Waals surface area contributed by atoms with Gasteiger partial charge >= 0.3 is 19.8 Å². The highest BCUT2D eigenvalue weighted by atomic mass is 31.2. The van der Waals surface area contributed by atoms with Crippen LogP contribution in [0.4, 0.5) is 0 Å². The Morgan fingerprint density at radius 3 is 0.883 bits per heavy atom. The van der Waals surface area contributed by atoms with Crippen LogP contribution < -0.4 is 0 Å². The number of allylic oxidation sites excluding steroid dienone is 30. The van der Waals surface area contributed by atoms with Gasteiger partial charge < -0.3 is 18.9 Å². The molecule has 0 saturated heterocycles. The third kappa shape index (κ3) is 76.1. The SMILES string of the molecule is CC/C=C\C/C=C\C/C=C\C/C=C\C/C=C\C/C=C\C/C=C\C/C=C\C/C=C\CCCC(=O)OC(COC(=O)CCCCCCCCCCCCCCCCCCCCCCCC/C=C\C/C=C\C/C=C\C/C=C\C/C=C\C/C=C\CC)COP(=O)(O)OCC[N+](C)(C)C. The summed E-state index contributed by atoms with van der Waals surface area (Å²) in [5.41, 5.74) is 0. The molecule has 0 radical (unpaired) electrons. The van der Waals surface area contributed by atoms with Crippen LogP contribution in [0.15, 0.2) is 182 Å². The van der Waals surface area contributed by atoms with Crippen LogP contribution in [0.5, 0.6) is 0 Å². The number of rotatable bonds is 67. The average molecular weight is 1320 g/mol. The van der Waals surface area contributed by atoms with Crippen molar-refractivity contribution in [2.45, 2.75) is 290 Å². The first kappa shape index (κ1) is 89.1. The van der Waals surface area contributed by atoms with Crippen LogP contribution in [0.2, 0.25) is 0 Å². The quantitative estimate of drug-likeness (QED) is 0.0211. The molecule has 0 saturated carbocycles. The lowest BCUT2D eigenvalue weighted by Gasteiger charge is -2.24. The molecule has 0 aromatic rings. The lowest BCUT2D eigenvalue weighted by atomic mass is 10.0. The molecule has 9 nitrogen and oxygen atoms in total. The number of carbonyl (C=O) groups excluding carboxylic acids is 2. The van der Waals surface area contributed by atoms with Crippen molar-refractivity contribution in [3.05, 3.63) is 182 Å². The first-order valence-electron chi connectivity index (χ1n) is 37.5. The maximum absolute atomic E-state index is 12.9. The molecule has 0 aromatic heterocycles. The second-order valence-corrected chi connectivity index (χ2v) is 27.0. The number of esters is 2. The summed E-state index contributed by atoms with van der Waals surface area (Å²) in [5, 5.41) is 0. The van der Waals surface area contributed by atoms with Crippen LogP contribution in [-0.4, -0.2) is 74.9 Å². The van der Waals surface area contributed by atoms with Crippen molar-refractivity contribution in [1.29, 1.82) is 0 Å². The van der Waals surface area contributed by atoms with Gasteiger partial charge in [0.1, 0.15) is 19.8 Å². The minimum atomic E-state index is -4.42. The molecule has 94 heavy (non-hydrogen) atoms. The van der Waals surface area contributed by atoms with E-state index in [4.69, 9.17) is 18.5 Å². The topological polar surface area (TPSA) is 108 Å². The molecule has 2 unspecified atom stereocenters. The van der Waals surface area contributed by atoms with E-state index in [0.717, 1.165) is 116 Å². The van der Waals surface area contributed by atoms with Gasteiger partial charge in [-0.25, -0.2) is 4.57 Å². The fourth-order valence-electron chi connectivity index (χ4n) is 9.79. The monoisotopic (exact) mass is 1320 g/mol. The van der Waals surface area contributed by atoms with Crippen molar-refractivity contribution in [3.63, 3.8) is 0 Å². The molecular weight excluding hydrogens is 1180 g/mol. The predicted octanol–water partition coefficient (Wildman–Crippen LogP) is 25.0. The molecule has 1 N–H and O–H groups in total. The number of ether oxygens (including phenoxy) is 2. The number of phosphoric acid groups is 1. The second-order valence-electron chi connectivity index (χ2n) is 25.6. The van der Waals surface area contributed by atoms with E-state index in [1.54, 1.807) is 0 Å². The average Bonchev–Trinajstić information content (AvgIpc) is 1.65. The summed E-state index contributed by atoms with van der Waals surface area (Å²) in [6.07, 6.45) is 112. The van der Waals surface area contributed by atoms with Crippen LogP contribution in [0.1, 0.15) is 284 Å². The standard InChI is InChI=1S/C84H138NO8P/c1-6-8-10-12-14-16-18-20-22-24-26-28-30-32-34-36-37-38-39-40-41-42-43-44-45-46-47-49-50-52-54-56-58-60-62-64-66-68-70-72-74-76-83(86)90-80-82(81-92-94(88,89)91-79-78-85(3,4)5)93-84(87)77-75-73-71-69-67-65-63-61-59-57-55-53-51-48-35-33-31-29-27-25-23-21-19-17-15-13-11-9-7-2/h8-11,14-17,20-23,26-29,32-35,37-38,51,53,57,59,63,65,69,71,82H,6-7,12-13,18-19,24-25,30-31,36,39-50,52,54-56,58,60-62,64,66-68,70,72-81H2,1-5H3/p+1/b10-8-,11-9-,16-14-,17-15-,22-20-,23-21-,28-26-,29-27-,34-32-,35-33-,38-37-,53-51-,59-57-,65-63-,71-69-. The fraction of sp³-hybridized carbons (Fsp3) is 0.619. The number of quaternary nitrogens is 1. The lowest BCUT2D eigenvalue weighted by Crippen LogP contribution is -2.37. The Labute approximate surface area is 578 Å². The molecule has 10 heteroatoms. The van der Waals surface area contributed by atoms with Crippen LogP contribution in [0.25, 0.3) is 0 Å². The largest absolute Gasteiger partial charge is 0.472 e. The highest BCUT2D eigenvalue weighted by Crippen LogP contribution is 2.43. The summed E-state index contributed by atoms with van der Waals surface area (Å²) in [4.78, 5) is 35.9. The van der Waals surface area contributed by atoms with E-state index < -0.39 is 26.5 Å². The van der Waals surface area contributed by atoms with Crippen LogP contribution in [0.3, 0.4) is 0 Å². The summed E-state index contributed by atoms with van der Waals surface area (Å²) in [6, 6.07) is 0. The first-order valence-corrected chi connectivity index (χ1v) is 39.0. The van der Waals surface area contributed by atoms with Gasteiger partial charge in [0.2, 0.25) is 0 Å². The maximum atomic E-state index is 12.9. The lowest BCUT2D eigenvalue weighted by molar-refractivity contribution is -0.870. The van der Waals surface area contributed by atoms with Crippen LogP contribution in [-0.2, 0) is 32.7 Å². The van der Waals surface area contributed by atoms with Gasteiger partial charge in [-0.2, -0.15) is 0 Å². The summed E-state index contributed by atoms with van der Waals surface area (Å²) in [7, 11) is 1.42. The zero-order valence-corrected chi connectivity index (χ0v) is 61.5. The molecule has 0 aliphatic rings. The molecule has 532 valence electrons. The third-order valence-electron chi connectivity index (χ3n) is 15.4. The van der Waals surface area contributed by atoms with Gasteiger partial charge in [0.25, 0.3) is 0 Å². The Hall–Kier alpha value is -4.89. The number of likely N-dealkylation sites (N-methyl/N-ethyl adjacent to an activating group) is 1. The summed E-state index contributed by atoms with van der Waals surface area (Å²) >= 11 is 0. The first-order chi connectivity index (χ1) is 46.0. The number of hydrogen-bond acceptors (Lipinski definition) is 7. The molecule has 0 aliphatic carbocycles. The number of carbonyl (C=O) groups is 2. The minimum absolute atomic E-state index is 0.0129. The van der Waals surface area contributed by atoms with E-state index in [-0.39, 0.29) is 32.0 Å². The molecule has 0 aromatic carbocycles. The predicted molar refractivity (Wildman–Crippen MR) is 408 cm³/mol. The van der Waals surface area contributed by atoms with E-state index in [2.05, 4.69) is 196 Å². The van der Waals surface area contributed by atoms with Crippen LogP contribution >= 0.6 is 7.82 Å². The smallest absolute Gasteiger partial charge is 0.462 e. The number of unbranched alkanes of at least 4 members (excludes halogenated alkanes) is 23. The van der Waals surface area contributed by atoms with Gasteiger partial charge in [0.05, 0.1) is 27.7 Å². The van der Waals surface area contributed by atoms with Gasteiger partial charge in [-0.05, 0) is 128 Å². The molecule has 2 atom stereocenters. The molecule has 0 bridgehead atoms. The Balaban J connectivity index is 4.07. The maximum Gasteiger partial charge on any atom is 0.472 e. The Morgan fingerprint density at radius 1 is 0.330 bits per heavy atom. The minimum Gasteiger partial charge on any atom is -0.462 e. The second kappa shape index (κ2) is 72.4. The molecule has 0 amide bonds. The highest BCUT2D eigenvalue weighted by Gasteiger charge is 2.27. The number of nitrogens with zero attached hydrogens (tertiary/aromatic N) is 1. The van der Waals surface area contributed by atoms with Gasteiger partial charge in [-0.1, -0.05) is 325 Å². The Morgan fingerprint density at radius 2 is 0.585 bits per heavy atom. The van der Waals surface area contributed by atoms with Crippen molar-refractivity contribution in [2.24, 2.45) is 0 Å². The molecule has 0 aliphatic heterocycles. The molecule has 0 rings (SSSR count). The van der Waals surface area contributed by atoms with Gasteiger partial charge in [0, 0.05) is 12.8 Å². The zero-order valence-electron chi connectivity index (χ0n) is 60.6. The van der Waals surface area contributed by atoms with Crippen molar-refractivity contribution in [2.75, 3.05) is 47.5 Å². The van der Waals surface area contributed by atoms with E-state index in [9.17, 15) is 19.0 Å². The van der Waals surface area contributed by atoms with E-state index in [0.29, 0.717) is 23.9 Å². The number of hydrogen-bond donors (Lipinski definition) is 1. The third-order valence-corrected chi connectivity index (χ3v) is 16.4. The van der Waals surface area contributed by atoms with Gasteiger partial charge in [-0.15, -0.1) is 0 Å². The van der Waals surface area contributed by atoms with Crippen LogP contribution in [0, 0.1) is 0 Å². The number of phosphoric ester groups is 1. The molecule has 0 spiro atoms. The van der Waals surface area contributed by atoms with Gasteiger partial charge in [0.15, 0.2) is 6.10 Å². The Bertz CT molecular complexity index is 2240. The fourth-order valence-corrected chi connectivity index (χ4v) is 10.5. The van der Waals surface area contributed by atoms with E-state index in [1.807, 2.05) is 21.1 Å². The van der Waals surface area contributed by atoms with E-state index >= 15 is 0 Å². The van der Waals surface area contributed by atoms with Crippen molar-refractivity contribution < 1.29 is 42.1 Å². The van der Waals surface area contributed by atoms with E-state index in [1.165, 1.54) is 128 Å². The highest BCUT2D eigenvalue weighted by molar-refractivity contribution is 7.47. The van der Waals surface area contributed by atoms with Gasteiger partial charge in [-0.3, -0.25) is 18.6 Å². The van der Waals surface area contributed by atoms with Crippen molar-refractivity contribution >= 4 is 19.8 Å². The summed E-state index contributed by atoms with van der Waals surface area (Å²) in [6.45, 7) is 4.14. The zero-order chi connectivity index (χ0) is 68.3. The summed E-state index contributed by atoms with van der Waals surface area (Å²) in [5.74, 6) is -0.871. The molecular formula is C84H139NO8P+.